The summed E-state index contributed by atoms with van der Waals surface area (Å²) < 4.78 is 46.2. The van der Waals surface area contributed by atoms with Gasteiger partial charge in [-0.25, -0.2) is 0 Å². The highest BCUT2D eigenvalue weighted by Crippen LogP contribution is 2.33. The fourth-order valence-corrected chi connectivity index (χ4v) is 4.15. The molecular formula is C21H23F3N4O4. The number of amides is 2. The van der Waals surface area contributed by atoms with Gasteiger partial charge in [0.05, 0.1) is 6.54 Å². The Kier molecular flexibility index (Phi) is 6.33. The molecule has 2 heterocycles. The van der Waals surface area contributed by atoms with E-state index in [4.69, 9.17) is 4.52 Å². The smallest absolute Gasteiger partial charge is 0.406 e. The molecule has 11 heteroatoms. The number of hydrogen-bond donors (Lipinski definition) is 1. The van der Waals surface area contributed by atoms with Crippen LogP contribution in [-0.4, -0.2) is 33.2 Å². The standard InChI is InChI=1S/C21H23F3N4O4/c22-21(23,24)31-15-7-5-13(6-8-15)12-28-16(9-10-18(28)29)20-26-17(27-32-20)11-25-19(30)14-3-1-2-4-14/h5-8,14,16H,1-4,9-12H2,(H,25,30)/t16-/m0/s1. The minimum absolute atomic E-state index is 0.00975. The van der Waals surface area contributed by atoms with E-state index >= 15 is 0 Å². The quantitative estimate of drug-likeness (QED) is 0.689. The number of alkyl halides is 3. The molecule has 0 spiro atoms. The van der Waals surface area contributed by atoms with E-state index in [0.717, 1.165) is 25.7 Å². The Hall–Kier alpha value is -3.11. The van der Waals surface area contributed by atoms with E-state index in [1.165, 1.54) is 24.3 Å². The molecule has 0 bridgehead atoms. The van der Waals surface area contributed by atoms with Gasteiger partial charge in [-0.15, -0.1) is 13.2 Å². The number of aromatic nitrogens is 2. The summed E-state index contributed by atoms with van der Waals surface area (Å²) in [6.45, 7) is 0.339. The summed E-state index contributed by atoms with van der Waals surface area (Å²) in [7, 11) is 0. The number of likely N-dealkylation sites (tertiary alicyclic amines) is 1. The molecule has 1 atom stereocenters. The third-order valence-electron chi connectivity index (χ3n) is 5.75. The normalized spacial score (nSPS) is 19.5. The number of nitrogens with zero attached hydrogens (tertiary/aromatic N) is 3. The maximum atomic E-state index is 12.4. The van der Waals surface area contributed by atoms with Crippen molar-refractivity contribution in [3.05, 3.63) is 41.5 Å². The lowest BCUT2D eigenvalue weighted by Gasteiger charge is -2.22. The number of carbonyl (C=O) groups is 2. The van der Waals surface area contributed by atoms with Crippen LogP contribution >= 0.6 is 0 Å². The summed E-state index contributed by atoms with van der Waals surface area (Å²) in [6, 6.07) is 4.93. The van der Waals surface area contributed by atoms with Crippen molar-refractivity contribution in [1.82, 2.24) is 20.4 Å². The van der Waals surface area contributed by atoms with Gasteiger partial charge in [0.25, 0.3) is 0 Å². The first-order chi connectivity index (χ1) is 15.3. The van der Waals surface area contributed by atoms with Gasteiger partial charge in [0.15, 0.2) is 5.82 Å². The van der Waals surface area contributed by atoms with Crippen LogP contribution in [0.3, 0.4) is 0 Å². The number of nitrogens with one attached hydrogen (secondary N) is 1. The fraction of sp³-hybridized carbons (Fsp3) is 0.524. The Bertz CT molecular complexity index is 955. The lowest BCUT2D eigenvalue weighted by atomic mass is 10.1. The molecule has 1 aliphatic heterocycles. The van der Waals surface area contributed by atoms with Gasteiger partial charge in [-0.1, -0.05) is 30.1 Å². The number of rotatable bonds is 7. The molecule has 8 nitrogen and oxygen atoms in total. The van der Waals surface area contributed by atoms with Crippen molar-refractivity contribution >= 4 is 11.8 Å². The lowest BCUT2D eigenvalue weighted by molar-refractivity contribution is -0.274. The van der Waals surface area contributed by atoms with Crippen molar-refractivity contribution in [2.75, 3.05) is 0 Å². The van der Waals surface area contributed by atoms with Crippen LogP contribution in [0.15, 0.2) is 28.8 Å². The predicted molar refractivity (Wildman–Crippen MR) is 104 cm³/mol. The molecular weight excluding hydrogens is 429 g/mol. The van der Waals surface area contributed by atoms with Gasteiger partial charge in [-0.3, -0.25) is 9.59 Å². The van der Waals surface area contributed by atoms with E-state index in [9.17, 15) is 22.8 Å². The molecule has 4 rings (SSSR count). The highest BCUT2D eigenvalue weighted by molar-refractivity contribution is 5.79. The minimum atomic E-state index is -4.76. The van der Waals surface area contributed by atoms with Crippen LogP contribution in [0, 0.1) is 5.92 Å². The molecule has 1 aliphatic carbocycles. The van der Waals surface area contributed by atoms with Gasteiger partial charge in [0, 0.05) is 18.9 Å². The molecule has 1 N–H and O–H groups in total. The van der Waals surface area contributed by atoms with Gasteiger partial charge in [0.2, 0.25) is 17.7 Å². The van der Waals surface area contributed by atoms with Crippen LogP contribution in [0.25, 0.3) is 0 Å². The van der Waals surface area contributed by atoms with Crippen molar-refractivity contribution in [3.8, 4) is 5.75 Å². The Balaban J connectivity index is 1.37. The highest BCUT2D eigenvalue weighted by Gasteiger charge is 2.36. The molecule has 2 amide bonds. The number of benzene rings is 1. The maximum absolute atomic E-state index is 12.4. The van der Waals surface area contributed by atoms with Crippen LogP contribution in [-0.2, 0) is 22.7 Å². The lowest BCUT2D eigenvalue weighted by Crippen LogP contribution is -2.29. The van der Waals surface area contributed by atoms with Gasteiger partial charge in [-0.05, 0) is 37.0 Å². The van der Waals surface area contributed by atoms with Crippen molar-refractivity contribution in [2.24, 2.45) is 5.92 Å². The van der Waals surface area contributed by atoms with Gasteiger partial charge >= 0.3 is 6.36 Å². The largest absolute Gasteiger partial charge is 0.573 e. The average Bonchev–Trinajstić information content (AvgIpc) is 3.49. The van der Waals surface area contributed by atoms with Crippen LogP contribution in [0.5, 0.6) is 5.75 Å². The van der Waals surface area contributed by atoms with Crippen LogP contribution in [0.4, 0.5) is 13.2 Å². The Morgan fingerprint density at radius 2 is 1.91 bits per heavy atom. The number of halogens is 3. The average molecular weight is 452 g/mol. The monoisotopic (exact) mass is 452 g/mol. The Morgan fingerprint density at radius 3 is 2.59 bits per heavy atom. The molecule has 172 valence electrons. The number of hydrogen-bond acceptors (Lipinski definition) is 6. The molecule has 0 unspecified atom stereocenters. The molecule has 2 fully saturated rings. The molecule has 2 aromatic rings. The number of ether oxygens (including phenoxy) is 1. The van der Waals surface area contributed by atoms with E-state index < -0.39 is 12.4 Å². The first-order valence-corrected chi connectivity index (χ1v) is 10.5. The van der Waals surface area contributed by atoms with Gasteiger partial charge in [-0.2, -0.15) is 4.98 Å². The predicted octanol–water partition coefficient (Wildman–Crippen LogP) is 3.64. The molecule has 1 aromatic heterocycles. The maximum Gasteiger partial charge on any atom is 0.573 e. The number of carbonyl (C=O) groups excluding carboxylic acids is 2. The van der Waals surface area contributed by atoms with Crippen molar-refractivity contribution in [1.29, 1.82) is 0 Å². The topological polar surface area (TPSA) is 97.6 Å². The first kappa shape index (κ1) is 22.1. The second kappa shape index (κ2) is 9.17. The van der Waals surface area contributed by atoms with Crippen molar-refractivity contribution in [3.63, 3.8) is 0 Å². The van der Waals surface area contributed by atoms with Gasteiger partial charge < -0.3 is 19.5 Å². The first-order valence-electron chi connectivity index (χ1n) is 10.5. The van der Waals surface area contributed by atoms with E-state index in [0.29, 0.717) is 24.2 Å². The summed E-state index contributed by atoms with van der Waals surface area (Å²) in [5.74, 6) is 0.200. The van der Waals surface area contributed by atoms with Crippen LogP contribution in [0.2, 0.25) is 0 Å². The summed E-state index contributed by atoms with van der Waals surface area (Å²) in [5, 5.41) is 6.74. The Morgan fingerprint density at radius 1 is 1.19 bits per heavy atom. The van der Waals surface area contributed by atoms with Crippen LogP contribution < -0.4 is 10.1 Å². The zero-order valence-electron chi connectivity index (χ0n) is 17.2. The SMILES string of the molecule is O=C(NCc1noc([C@@H]2CCC(=O)N2Cc2ccc(OC(F)(F)F)cc2)n1)C1CCCC1. The summed E-state index contributed by atoms with van der Waals surface area (Å²) in [4.78, 5) is 30.5. The molecule has 32 heavy (non-hydrogen) atoms. The molecule has 0 radical (unpaired) electrons. The van der Waals surface area contributed by atoms with Crippen molar-refractivity contribution < 1.29 is 32.0 Å². The summed E-state index contributed by atoms with van der Waals surface area (Å²) >= 11 is 0. The molecule has 1 saturated heterocycles. The third-order valence-corrected chi connectivity index (χ3v) is 5.75. The molecule has 1 aromatic carbocycles. The van der Waals surface area contributed by atoms with E-state index in [-0.39, 0.29) is 42.5 Å². The second-order valence-electron chi connectivity index (χ2n) is 8.02. The summed E-state index contributed by atoms with van der Waals surface area (Å²) in [6.07, 6.45) is -0.0519. The van der Waals surface area contributed by atoms with Crippen LogP contribution in [0.1, 0.15) is 61.8 Å². The van der Waals surface area contributed by atoms with E-state index in [2.05, 4.69) is 20.2 Å². The molecule has 2 aliphatic rings. The minimum Gasteiger partial charge on any atom is -0.406 e. The van der Waals surface area contributed by atoms with E-state index in [1.54, 1.807) is 4.90 Å². The fourth-order valence-electron chi connectivity index (χ4n) is 4.15. The summed E-state index contributed by atoms with van der Waals surface area (Å²) in [5.41, 5.74) is 0.642. The Labute approximate surface area is 182 Å². The molecule has 1 saturated carbocycles. The zero-order valence-corrected chi connectivity index (χ0v) is 17.2. The third kappa shape index (κ3) is 5.38. The van der Waals surface area contributed by atoms with Gasteiger partial charge in [0.1, 0.15) is 11.8 Å². The second-order valence-corrected chi connectivity index (χ2v) is 8.02. The zero-order chi connectivity index (χ0) is 22.7. The highest BCUT2D eigenvalue weighted by atomic mass is 19.4. The van der Waals surface area contributed by atoms with E-state index in [1.807, 2.05) is 0 Å². The van der Waals surface area contributed by atoms with Crippen molar-refractivity contribution in [2.45, 2.75) is 64.0 Å².